The lowest BCUT2D eigenvalue weighted by atomic mass is 10.1. The summed E-state index contributed by atoms with van der Waals surface area (Å²) in [6, 6.07) is 9.96. The second kappa shape index (κ2) is 6.04. The fourth-order valence-electron chi connectivity index (χ4n) is 1.81. The van der Waals surface area contributed by atoms with Crippen LogP contribution in [0.25, 0.3) is 0 Å². The van der Waals surface area contributed by atoms with Crippen LogP contribution < -0.4 is 11.1 Å². The van der Waals surface area contributed by atoms with Gasteiger partial charge in [-0.15, -0.1) is 0 Å². The van der Waals surface area contributed by atoms with Crippen molar-refractivity contribution in [3.05, 3.63) is 47.7 Å². The van der Waals surface area contributed by atoms with Gasteiger partial charge >= 0.3 is 0 Å². The van der Waals surface area contributed by atoms with E-state index in [1.165, 1.54) is 5.56 Å². The third kappa shape index (κ3) is 3.58. The van der Waals surface area contributed by atoms with E-state index >= 15 is 0 Å². The van der Waals surface area contributed by atoms with E-state index in [9.17, 15) is 4.79 Å². The van der Waals surface area contributed by atoms with Crippen LogP contribution in [0.2, 0.25) is 0 Å². The van der Waals surface area contributed by atoms with Crippen LogP contribution in [0.3, 0.4) is 0 Å². The maximum Gasteiger partial charge on any atom is 0.220 e. The zero-order valence-electron chi connectivity index (χ0n) is 11.0. The first-order valence-electron chi connectivity index (χ1n) is 6.24. The summed E-state index contributed by atoms with van der Waals surface area (Å²) >= 11 is 0. The minimum absolute atomic E-state index is 0.0205. The Labute approximate surface area is 112 Å². The maximum absolute atomic E-state index is 11.7. The molecule has 5 nitrogen and oxygen atoms in total. The first kappa shape index (κ1) is 13.1. The van der Waals surface area contributed by atoms with Crippen molar-refractivity contribution in [3.63, 3.8) is 0 Å². The van der Waals surface area contributed by atoms with Crippen LogP contribution in [0.1, 0.15) is 17.5 Å². The number of benzene rings is 1. The number of nitrogens with zero attached hydrogens (tertiary/aromatic N) is 2. The smallest absolute Gasteiger partial charge is 0.220 e. The molecule has 0 unspecified atom stereocenters. The highest BCUT2D eigenvalue weighted by molar-refractivity contribution is 5.76. The standard InChI is InChI=1S/C14H18N4O/c1-18-14(15)12(10-17-18)9-16-13(19)8-7-11-5-3-2-4-6-11/h2-6,10H,7-9,15H2,1H3,(H,16,19). The van der Waals surface area contributed by atoms with Crippen LogP contribution in [-0.4, -0.2) is 15.7 Å². The first-order chi connectivity index (χ1) is 9.16. The van der Waals surface area contributed by atoms with E-state index in [2.05, 4.69) is 10.4 Å². The zero-order chi connectivity index (χ0) is 13.7. The monoisotopic (exact) mass is 258 g/mol. The minimum Gasteiger partial charge on any atom is -0.384 e. The van der Waals surface area contributed by atoms with Crippen molar-refractivity contribution in [1.82, 2.24) is 15.1 Å². The molecule has 0 saturated heterocycles. The van der Waals surface area contributed by atoms with Crippen molar-refractivity contribution in [2.75, 3.05) is 5.73 Å². The summed E-state index contributed by atoms with van der Waals surface area (Å²) in [5.74, 6) is 0.607. The summed E-state index contributed by atoms with van der Waals surface area (Å²) in [5.41, 5.74) is 7.81. The number of carbonyl (C=O) groups excluding carboxylic acids is 1. The number of anilines is 1. The van der Waals surface area contributed by atoms with Crippen molar-refractivity contribution in [2.45, 2.75) is 19.4 Å². The SMILES string of the molecule is Cn1ncc(CNC(=O)CCc2ccccc2)c1N. The molecule has 0 aliphatic rings. The van der Waals surface area contributed by atoms with Crippen LogP contribution in [0.5, 0.6) is 0 Å². The van der Waals surface area contributed by atoms with Crippen molar-refractivity contribution in [3.8, 4) is 0 Å². The van der Waals surface area contributed by atoms with E-state index in [0.717, 1.165) is 12.0 Å². The predicted octanol–water partition coefficient (Wildman–Crippen LogP) is 1.25. The number of hydrogen-bond donors (Lipinski definition) is 2. The van der Waals surface area contributed by atoms with E-state index in [1.807, 2.05) is 30.3 Å². The lowest BCUT2D eigenvalue weighted by Crippen LogP contribution is -2.23. The molecule has 0 spiro atoms. The molecular formula is C14H18N4O. The molecule has 19 heavy (non-hydrogen) atoms. The number of hydrogen-bond acceptors (Lipinski definition) is 3. The molecule has 1 aromatic carbocycles. The molecule has 1 aromatic heterocycles. The fraction of sp³-hybridized carbons (Fsp3) is 0.286. The summed E-state index contributed by atoms with van der Waals surface area (Å²) in [5, 5.41) is 6.88. The Balaban J connectivity index is 1.78. The number of aryl methyl sites for hydroxylation is 2. The molecule has 0 saturated carbocycles. The van der Waals surface area contributed by atoms with Crippen LogP contribution in [0.4, 0.5) is 5.82 Å². The molecule has 1 amide bonds. The van der Waals surface area contributed by atoms with Gasteiger partial charge in [-0.05, 0) is 12.0 Å². The molecular weight excluding hydrogens is 240 g/mol. The number of amides is 1. The summed E-state index contributed by atoms with van der Waals surface area (Å²) < 4.78 is 1.59. The van der Waals surface area contributed by atoms with Crippen molar-refractivity contribution in [2.24, 2.45) is 7.05 Å². The average Bonchev–Trinajstić information content (AvgIpc) is 2.75. The zero-order valence-corrected chi connectivity index (χ0v) is 11.0. The average molecular weight is 258 g/mol. The highest BCUT2D eigenvalue weighted by Crippen LogP contribution is 2.08. The fourth-order valence-corrected chi connectivity index (χ4v) is 1.81. The molecule has 1 heterocycles. The number of aromatic nitrogens is 2. The van der Waals surface area contributed by atoms with Crippen LogP contribution in [0.15, 0.2) is 36.5 Å². The third-order valence-electron chi connectivity index (χ3n) is 3.02. The summed E-state index contributed by atoms with van der Waals surface area (Å²) in [6.45, 7) is 0.424. The normalized spacial score (nSPS) is 10.4. The van der Waals surface area contributed by atoms with Gasteiger partial charge in [0.25, 0.3) is 0 Å². The summed E-state index contributed by atoms with van der Waals surface area (Å²) in [4.78, 5) is 11.7. The van der Waals surface area contributed by atoms with Gasteiger partial charge in [0.1, 0.15) is 5.82 Å². The second-order valence-corrected chi connectivity index (χ2v) is 4.44. The lowest BCUT2D eigenvalue weighted by molar-refractivity contribution is -0.121. The molecule has 0 radical (unpaired) electrons. The number of nitrogen functional groups attached to an aromatic ring is 1. The van der Waals surface area contributed by atoms with E-state index in [4.69, 9.17) is 5.73 Å². The van der Waals surface area contributed by atoms with E-state index in [0.29, 0.717) is 18.8 Å². The van der Waals surface area contributed by atoms with Gasteiger partial charge in [0.15, 0.2) is 0 Å². The predicted molar refractivity (Wildman–Crippen MR) is 74.2 cm³/mol. The van der Waals surface area contributed by atoms with Gasteiger partial charge in [0, 0.05) is 25.6 Å². The Bertz CT molecular complexity index is 548. The van der Waals surface area contributed by atoms with Gasteiger partial charge in [-0.25, -0.2) is 0 Å². The Morgan fingerprint density at radius 1 is 1.37 bits per heavy atom. The Hall–Kier alpha value is -2.30. The molecule has 2 rings (SSSR count). The van der Waals surface area contributed by atoms with Crippen LogP contribution >= 0.6 is 0 Å². The van der Waals surface area contributed by atoms with Gasteiger partial charge < -0.3 is 11.1 Å². The number of carbonyl (C=O) groups is 1. The topological polar surface area (TPSA) is 72.9 Å². The summed E-state index contributed by atoms with van der Waals surface area (Å²) in [7, 11) is 1.77. The molecule has 0 atom stereocenters. The quantitative estimate of drug-likeness (QED) is 0.847. The molecule has 0 aliphatic carbocycles. The lowest BCUT2D eigenvalue weighted by Gasteiger charge is -2.05. The van der Waals surface area contributed by atoms with Crippen molar-refractivity contribution >= 4 is 11.7 Å². The van der Waals surface area contributed by atoms with Crippen molar-refractivity contribution < 1.29 is 4.79 Å². The number of nitrogens with one attached hydrogen (secondary N) is 1. The molecule has 3 N–H and O–H groups in total. The third-order valence-corrected chi connectivity index (χ3v) is 3.02. The van der Waals surface area contributed by atoms with Crippen LogP contribution in [-0.2, 0) is 24.8 Å². The minimum atomic E-state index is 0.0205. The van der Waals surface area contributed by atoms with E-state index < -0.39 is 0 Å². The summed E-state index contributed by atoms with van der Waals surface area (Å²) in [6.07, 6.45) is 2.90. The first-order valence-corrected chi connectivity index (χ1v) is 6.24. The maximum atomic E-state index is 11.7. The molecule has 0 bridgehead atoms. The van der Waals surface area contributed by atoms with Gasteiger partial charge in [-0.2, -0.15) is 5.10 Å². The second-order valence-electron chi connectivity index (χ2n) is 4.44. The van der Waals surface area contributed by atoms with Gasteiger partial charge in [0.05, 0.1) is 6.20 Å². The highest BCUT2D eigenvalue weighted by Gasteiger charge is 2.06. The number of rotatable bonds is 5. The van der Waals surface area contributed by atoms with Crippen molar-refractivity contribution in [1.29, 1.82) is 0 Å². The van der Waals surface area contributed by atoms with E-state index in [1.54, 1.807) is 17.9 Å². The molecule has 100 valence electrons. The number of nitrogens with two attached hydrogens (primary N) is 1. The Morgan fingerprint density at radius 2 is 2.11 bits per heavy atom. The van der Waals surface area contributed by atoms with Gasteiger partial charge in [-0.3, -0.25) is 9.48 Å². The molecule has 0 aliphatic heterocycles. The van der Waals surface area contributed by atoms with E-state index in [-0.39, 0.29) is 5.91 Å². The Morgan fingerprint density at radius 3 is 2.74 bits per heavy atom. The molecule has 2 aromatic rings. The van der Waals surface area contributed by atoms with Gasteiger partial charge in [0.2, 0.25) is 5.91 Å². The molecule has 5 heteroatoms. The largest absolute Gasteiger partial charge is 0.384 e. The van der Waals surface area contributed by atoms with Crippen LogP contribution in [0, 0.1) is 0 Å². The molecule has 0 fully saturated rings. The van der Waals surface area contributed by atoms with Gasteiger partial charge in [-0.1, -0.05) is 30.3 Å². The highest BCUT2D eigenvalue weighted by atomic mass is 16.1. The Kier molecular flexibility index (Phi) is 4.18.